The van der Waals surface area contributed by atoms with Crippen LogP contribution in [0.25, 0.3) is 16.9 Å². The van der Waals surface area contributed by atoms with Crippen molar-refractivity contribution in [3.8, 4) is 22.8 Å². The van der Waals surface area contributed by atoms with Crippen LogP contribution in [-0.2, 0) is 16.6 Å². The SMILES string of the molecule is COc1cc(-c2c(C)nc3c(NCc4ccc(S(N)(=O)=O)cc4)nccn23)ccc1O. The van der Waals surface area contributed by atoms with Gasteiger partial charge in [-0.1, -0.05) is 12.1 Å². The molecule has 4 N–H and O–H groups in total. The molecule has 160 valence electrons. The third-order valence-corrected chi connectivity index (χ3v) is 5.81. The van der Waals surface area contributed by atoms with Gasteiger partial charge in [0.2, 0.25) is 10.0 Å². The second kappa shape index (κ2) is 7.89. The molecule has 9 nitrogen and oxygen atoms in total. The van der Waals surface area contributed by atoms with Crippen LogP contribution in [0.1, 0.15) is 11.3 Å². The first-order valence-electron chi connectivity index (χ1n) is 9.34. The molecular formula is C21H21N5O4S. The quantitative estimate of drug-likeness (QED) is 0.421. The summed E-state index contributed by atoms with van der Waals surface area (Å²) in [6.07, 6.45) is 3.48. The summed E-state index contributed by atoms with van der Waals surface area (Å²) in [7, 11) is -2.22. The molecule has 31 heavy (non-hydrogen) atoms. The van der Waals surface area contributed by atoms with Crippen LogP contribution < -0.4 is 15.2 Å². The molecule has 0 atom stereocenters. The number of nitrogens with zero attached hydrogens (tertiary/aromatic N) is 3. The molecule has 0 aliphatic carbocycles. The Morgan fingerprint density at radius 1 is 1.19 bits per heavy atom. The number of hydrogen-bond acceptors (Lipinski definition) is 7. The van der Waals surface area contributed by atoms with Gasteiger partial charge in [-0.3, -0.25) is 4.40 Å². The number of anilines is 1. The lowest BCUT2D eigenvalue weighted by molar-refractivity contribution is 0.373. The molecular weight excluding hydrogens is 418 g/mol. The van der Waals surface area contributed by atoms with Crippen molar-refractivity contribution in [2.24, 2.45) is 5.14 Å². The van der Waals surface area contributed by atoms with E-state index in [-0.39, 0.29) is 10.6 Å². The number of sulfonamides is 1. The first-order valence-corrected chi connectivity index (χ1v) is 10.9. The summed E-state index contributed by atoms with van der Waals surface area (Å²) >= 11 is 0. The second-order valence-electron chi connectivity index (χ2n) is 6.94. The summed E-state index contributed by atoms with van der Waals surface area (Å²) in [5.41, 5.74) is 4.00. The predicted octanol–water partition coefficient (Wildman–Crippen LogP) is 2.68. The fourth-order valence-electron chi connectivity index (χ4n) is 3.37. The number of phenols is 1. The summed E-state index contributed by atoms with van der Waals surface area (Å²) in [6, 6.07) is 11.5. The number of aryl methyl sites for hydroxylation is 1. The Bertz CT molecular complexity index is 1360. The molecule has 0 fully saturated rings. The molecule has 2 aromatic heterocycles. The maximum Gasteiger partial charge on any atom is 0.238 e. The van der Waals surface area contributed by atoms with E-state index in [9.17, 15) is 13.5 Å². The summed E-state index contributed by atoms with van der Waals surface area (Å²) < 4.78 is 29.9. The number of nitrogens with two attached hydrogens (primary N) is 1. The summed E-state index contributed by atoms with van der Waals surface area (Å²) in [5, 5.41) is 18.3. The van der Waals surface area contributed by atoms with E-state index in [1.165, 1.54) is 19.2 Å². The number of aromatic nitrogens is 3. The largest absolute Gasteiger partial charge is 0.504 e. The predicted molar refractivity (Wildman–Crippen MR) is 117 cm³/mol. The Morgan fingerprint density at radius 2 is 1.94 bits per heavy atom. The lowest BCUT2D eigenvalue weighted by Gasteiger charge is -2.10. The van der Waals surface area contributed by atoms with Gasteiger partial charge in [-0.2, -0.15) is 0 Å². The van der Waals surface area contributed by atoms with E-state index in [0.29, 0.717) is 23.8 Å². The zero-order valence-corrected chi connectivity index (χ0v) is 17.7. The smallest absolute Gasteiger partial charge is 0.238 e. The van der Waals surface area contributed by atoms with Gasteiger partial charge < -0.3 is 15.2 Å². The average molecular weight is 439 g/mol. The summed E-state index contributed by atoms with van der Waals surface area (Å²) in [5.74, 6) is 1.02. The molecule has 4 rings (SSSR count). The van der Waals surface area contributed by atoms with Gasteiger partial charge in [0.05, 0.1) is 23.4 Å². The molecule has 4 aromatic rings. The van der Waals surface area contributed by atoms with Crippen molar-refractivity contribution in [3.05, 3.63) is 66.1 Å². The number of ether oxygens (including phenoxy) is 1. The summed E-state index contributed by atoms with van der Waals surface area (Å²) in [4.78, 5) is 9.13. The van der Waals surface area contributed by atoms with Gasteiger partial charge >= 0.3 is 0 Å². The monoisotopic (exact) mass is 439 g/mol. The first kappa shape index (κ1) is 20.6. The lowest BCUT2D eigenvalue weighted by Crippen LogP contribution is -2.12. The molecule has 0 saturated heterocycles. The molecule has 0 saturated carbocycles. The number of imidazole rings is 1. The number of hydrogen-bond donors (Lipinski definition) is 3. The highest BCUT2D eigenvalue weighted by Gasteiger charge is 2.16. The van der Waals surface area contributed by atoms with E-state index in [4.69, 9.17) is 9.88 Å². The van der Waals surface area contributed by atoms with E-state index in [0.717, 1.165) is 22.5 Å². The normalized spacial score (nSPS) is 11.6. The third-order valence-electron chi connectivity index (χ3n) is 4.88. The Labute approximate surface area is 179 Å². The van der Waals surface area contributed by atoms with Gasteiger partial charge in [-0.15, -0.1) is 0 Å². The molecule has 0 bridgehead atoms. The van der Waals surface area contributed by atoms with Crippen LogP contribution in [0.2, 0.25) is 0 Å². The van der Waals surface area contributed by atoms with Crippen molar-refractivity contribution in [2.45, 2.75) is 18.4 Å². The number of nitrogens with one attached hydrogen (secondary N) is 1. The number of phenolic OH excluding ortho intramolecular Hbond substituents is 1. The highest BCUT2D eigenvalue weighted by atomic mass is 32.2. The number of aromatic hydroxyl groups is 1. The Kier molecular flexibility index (Phi) is 5.25. The van der Waals surface area contributed by atoms with Crippen molar-refractivity contribution in [1.29, 1.82) is 0 Å². The van der Waals surface area contributed by atoms with Gasteiger partial charge in [-0.05, 0) is 42.8 Å². The van der Waals surface area contributed by atoms with E-state index in [1.54, 1.807) is 36.5 Å². The topological polar surface area (TPSA) is 132 Å². The molecule has 0 spiro atoms. The van der Waals surface area contributed by atoms with Crippen molar-refractivity contribution < 1.29 is 18.3 Å². The van der Waals surface area contributed by atoms with Crippen LogP contribution in [0.5, 0.6) is 11.5 Å². The van der Waals surface area contributed by atoms with Crippen LogP contribution in [0.3, 0.4) is 0 Å². The number of primary sulfonamides is 1. The second-order valence-corrected chi connectivity index (χ2v) is 8.51. The standard InChI is InChI=1S/C21H21N5O4S/c1-13-19(15-5-8-17(27)18(11-15)30-2)26-10-9-23-20(21(26)25-13)24-12-14-3-6-16(7-4-14)31(22,28)29/h3-11,27H,12H2,1-2H3,(H,23,24)(H2,22,28,29). The highest BCUT2D eigenvalue weighted by molar-refractivity contribution is 7.89. The van der Waals surface area contributed by atoms with Crippen LogP contribution >= 0.6 is 0 Å². The summed E-state index contributed by atoms with van der Waals surface area (Å²) in [6.45, 7) is 2.32. The van der Waals surface area contributed by atoms with E-state index >= 15 is 0 Å². The minimum atomic E-state index is -3.72. The number of fused-ring (bicyclic) bond motifs is 1. The first-order chi connectivity index (χ1) is 14.8. The molecule has 0 amide bonds. The van der Waals surface area contributed by atoms with Crippen molar-refractivity contribution in [3.63, 3.8) is 0 Å². The maximum absolute atomic E-state index is 11.4. The van der Waals surface area contributed by atoms with Gasteiger partial charge in [-0.25, -0.2) is 23.5 Å². The van der Waals surface area contributed by atoms with Gasteiger partial charge in [0.25, 0.3) is 0 Å². The molecule has 0 aliphatic heterocycles. The average Bonchev–Trinajstić information content (AvgIpc) is 3.08. The van der Waals surface area contributed by atoms with Crippen LogP contribution in [0.4, 0.5) is 5.82 Å². The Morgan fingerprint density at radius 3 is 2.61 bits per heavy atom. The minimum Gasteiger partial charge on any atom is -0.504 e. The van der Waals surface area contributed by atoms with Crippen LogP contribution in [0, 0.1) is 6.92 Å². The number of benzene rings is 2. The van der Waals surface area contributed by atoms with E-state index in [2.05, 4.69) is 15.3 Å². The highest BCUT2D eigenvalue weighted by Crippen LogP contribution is 2.34. The molecule has 10 heteroatoms. The third kappa shape index (κ3) is 4.03. The van der Waals surface area contributed by atoms with Crippen molar-refractivity contribution in [2.75, 3.05) is 12.4 Å². The Balaban J connectivity index is 1.66. The Hall–Kier alpha value is -3.63. The number of methoxy groups -OCH3 is 1. The van der Waals surface area contributed by atoms with Crippen LogP contribution in [0.15, 0.2) is 59.8 Å². The molecule has 2 aromatic carbocycles. The maximum atomic E-state index is 11.4. The zero-order chi connectivity index (χ0) is 22.2. The van der Waals surface area contributed by atoms with E-state index in [1.807, 2.05) is 17.5 Å². The van der Waals surface area contributed by atoms with Gasteiger partial charge in [0.1, 0.15) is 0 Å². The van der Waals surface area contributed by atoms with Crippen molar-refractivity contribution >= 4 is 21.5 Å². The minimum absolute atomic E-state index is 0.0642. The zero-order valence-electron chi connectivity index (χ0n) is 16.9. The number of rotatable bonds is 6. The molecule has 0 unspecified atom stereocenters. The molecule has 0 aliphatic rings. The van der Waals surface area contributed by atoms with E-state index < -0.39 is 10.0 Å². The molecule has 2 heterocycles. The lowest BCUT2D eigenvalue weighted by atomic mass is 10.1. The fraction of sp³-hybridized carbons (Fsp3) is 0.143. The van der Waals surface area contributed by atoms with Gasteiger partial charge in [0.15, 0.2) is 23.0 Å². The fourth-order valence-corrected chi connectivity index (χ4v) is 3.89. The van der Waals surface area contributed by atoms with Crippen molar-refractivity contribution in [1.82, 2.24) is 14.4 Å². The molecule has 0 radical (unpaired) electrons. The van der Waals surface area contributed by atoms with Crippen LogP contribution in [-0.4, -0.2) is 35.0 Å². The van der Waals surface area contributed by atoms with Gasteiger partial charge in [0, 0.05) is 24.5 Å².